The summed E-state index contributed by atoms with van der Waals surface area (Å²) in [7, 11) is 0. The van der Waals surface area contributed by atoms with Crippen molar-refractivity contribution in [1.29, 1.82) is 0 Å². The highest BCUT2D eigenvalue weighted by molar-refractivity contribution is 6.25. The molecule has 5 aromatic rings. The second-order valence-corrected chi connectivity index (χ2v) is 7.39. The van der Waals surface area contributed by atoms with Gasteiger partial charge in [0.15, 0.2) is 34.2 Å². The molecule has 2 aromatic heterocycles. The quantitative estimate of drug-likeness (QED) is 0.0963. The Morgan fingerprint density at radius 1 is 0.611 bits per heavy atom. The van der Waals surface area contributed by atoms with Crippen LogP contribution in [0.2, 0.25) is 0 Å². The van der Waals surface area contributed by atoms with Crippen molar-refractivity contribution in [3.63, 3.8) is 0 Å². The predicted molar refractivity (Wildman–Crippen MR) is 114 cm³/mol. The van der Waals surface area contributed by atoms with Crippen LogP contribution in [0.1, 0.15) is 10.4 Å². The number of aromatic carboxylic acids is 1. The standard InChI is InChI=1S/C21H10O15/c22-3-1-2(19(30)31)15(12(27)8(3)23)34-18-10(25)7-5-4-6(20(32)36-17(5)14(18)29)9(24)11(26)13(28)16(4)35-21(7)33/h1,22-29H,(H,30,31). The number of carboxylic acid groups (broad SMARTS) is 1. The molecule has 0 fully saturated rings. The van der Waals surface area contributed by atoms with Crippen LogP contribution in [0.25, 0.3) is 32.7 Å². The first-order valence-corrected chi connectivity index (χ1v) is 9.43. The normalized spacial score (nSPS) is 11.6. The molecule has 15 nitrogen and oxygen atoms in total. The van der Waals surface area contributed by atoms with E-state index < -0.39 is 113 Å². The monoisotopic (exact) mass is 502 g/mol. The maximum atomic E-state index is 12.7. The number of hydrogen-bond donors (Lipinski definition) is 9. The lowest BCUT2D eigenvalue weighted by atomic mass is 10.00. The fraction of sp³-hybridized carbons (Fsp3) is 0. The van der Waals surface area contributed by atoms with Crippen molar-refractivity contribution in [2.75, 3.05) is 0 Å². The van der Waals surface area contributed by atoms with Crippen molar-refractivity contribution in [2.24, 2.45) is 0 Å². The molecule has 0 amide bonds. The molecule has 3 aromatic carbocycles. The van der Waals surface area contributed by atoms with E-state index in [1.807, 2.05) is 0 Å². The van der Waals surface area contributed by atoms with Crippen LogP contribution in [0.3, 0.4) is 0 Å². The van der Waals surface area contributed by atoms with Crippen LogP contribution in [-0.2, 0) is 0 Å². The Balaban J connectivity index is 1.96. The van der Waals surface area contributed by atoms with Crippen LogP contribution < -0.4 is 16.0 Å². The minimum absolute atomic E-state index is 0.470. The first-order valence-electron chi connectivity index (χ1n) is 9.43. The van der Waals surface area contributed by atoms with Gasteiger partial charge >= 0.3 is 17.2 Å². The topological polar surface area (TPSA) is 269 Å². The van der Waals surface area contributed by atoms with Gasteiger partial charge in [-0.05, 0) is 0 Å². The molecule has 15 heteroatoms. The molecule has 0 spiro atoms. The van der Waals surface area contributed by atoms with Crippen LogP contribution >= 0.6 is 0 Å². The Kier molecular flexibility index (Phi) is 4.23. The maximum absolute atomic E-state index is 12.7. The van der Waals surface area contributed by atoms with Crippen molar-refractivity contribution in [2.45, 2.75) is 0 Å². The number of benzene rings is 3. The van der Waals surface area contributed by atoms with Crippen molar-refractivity contribution in [3.8, 4) is 57.5 Å². The van der Waals surface area contributed by atoms with Gasteiger partial charge in [0.25, 0.3) is 0 Å². The number of carbonyl (C=O) groups is 1. The molecule has 36 heavy (non-hydrogen) atoms. The van der Waals surface area contributed by atoms with Gasteiger partial charge < -0.3 is 59.5 Å². The molecule has 0 saturated carbocycles. The van der Waals surface area contributed by atoms with Crippen LogP contribution in [0.15, 0.2) is 24.5 Å². The molecule has 9 N–H and O–H groups in total. The van der Waals surface area contributed by atoms with E-state index in [2.05, 4.69) is 0 Å². The maximum Gasteiger partial charge on any atom is 0.348 e. The third-order valence-corrected chi connectivity index (χ3v) is 5.43. The number of phenols is 8. The lowest BCUT2D eigenvalue weighted by molar-refractivity contribution is 0.0692. The third-order valence-electron chi connectivity index (χ3n) is 5.43. The van der Waals surface area contributed by atoms with Gasteiger partial charge in [-0.25, -0.2) is 14.4 Å². The van der Waals surface area contributed by atoms with Crippen molar-refractivity contribution < 1.29 is 64.3 Å². The summed E-state index contributed by atoms with van der Waals surface area (Å²) in [4.78, 5) is 36.9. The molecule has 5 rings (SSSR count). The van der Waals surface area contributed by atoms with Crippen molar-refractivity contribution >= 4 is 38.7 Å². The number of rotatable bonds is 3. The summed E-state index contributed by atoms with van der Waals surface area (Å²) in [6.07, 6.45) is 0. The molecule has 0 aliphatic carbocycles. The highest BCUT2D eigenvalue weighted by atomic mass is 16.5. The summed E-state index contributed by atoms with van der Waals surface area (Å²) >= 11 is 0. The van der Waals surface area contributed by atoms with Gasteiger partial charge in [-0.2, -0.15) is 0 Å². The van der Waals surface area contributed by atoms with Gasteiger partial charge in [0.1, 0.15) is 16.3 Å². The SMILES string of the molecule is O=C(O)c1cc(O)c(O)c(O)c1Oc1c(O)c2oc(=O)c3c(O)c(O)c(O)c4oc(=O)c(c1O)c2c43. The zero-order chi connectivity index (χ0) is 26.4. The molecule has 2 heterocycles. The fourth-order valence-electron chi connectivity index (χ4n) is 3.82. The summed E-state index contributed by atoms with van der Waals surface area (Å²) < 4.78 is 15.0. The van der Waals surface area contributed by atoms with E-state index in [9.17, 15) is 60.3 Å². The molecule has 0 saturated heterocycles. The minimum atomic E-state index is -1.80. The van der Waals surface area contributed by atoms with Gasteiger partial charge in [0.2, 0.25) is 34.5 Å². The summed E-state index contributed by atoms with van der Waals surface area (Å²) in [5, 5.41) is 87.8. The first-order chi connectivity index (χ1) is 16.9. The van der Waals surface area contributed by atoms with E-state index in [0.717, 1.165) is 0 Å². The molecule has 0 aliphatic heterocycles. The summed E-state index contributed by atoms with van der Waals surface area (Å²) in [5.74, 6) is -13.7. The van der Waals surface area contributed by atoms with Gasteiger partial charge in [-0.1, -0.05) is 0 Å². The Hall–Kier alpha value is -5.73. The van der Waals surface area contributed by atoms with Crippen LogP contribution in [-0.4, -0.2) is 51.9 Å². The van der Waals surface area contributed by atoms with E-state index in [1.54, 1.807) is 0 Å². The van der Waals surface area contributed by atoms with Gasteiger partial charge in [-0.3, -0.25) is 0 Å². The van der Waals surface area contributed by atoms with E-state index >= 15 is 0 Å². The Morgan fingerprint density at radius 3 is 1.69 bits per heavy atom. The van der Waals surface area contributed by atoms with Gasteiger partial charge in [0.05, 0.1) is 10.8 Å². The predicted octanol–water partition coefficient (Wildman–Crippen LogP) is 1.63. The van der Waals surface area contributed by atoms with Crippen molar-refractivity contribution in [1.82, 2.24) is 0 Å². The van der Waals surface area contributed by atoms with Gasteiger partial charge in [0, 0.05) is 6.07 Å². The highest BCUT2D eigenvalue weighted by Crippen LogP contribution is 2.55. The second-order valence-electron chi connectivity index (χ2n) is 7.39. The largest absolute Gasteiger partial charge is 0.504 e. The molecule has 0 aliphatic rings. The van der Waals surface area contributed by atoms with E-state index in [0.29, 0.717) is 6.07 Å². The fourth-order valence-corrected chi connectivity index (χ4v) is 3.82. The number of hydrogen-bond acceptors (Lipinski definition) is 14. The van der Waals surface area contributed by atoms with Gasteiger partial charge in [-0.15, -0.1) is 0 Å². The number of carboxylic acids is 1. The number of phenolic OH excluding ortho intramolecular Hbond substituents is 8. The summed E-state index contributed by atoms with van der Waals surface area (Å²) in [6.45, 7) is 0. The van der Waals surface area contributed by atoms with E-state index in [1.165, 1.54) is 0 Å². The zero-order valence-corrected chi connectivity index (χ0v) is 17.1. The zero-order valence-electron chi connectivity index (χ0n) is 17.1. The molecule has 0 unspecified atom stereocenters. The van der Waals surface area contributed by atoms with Crippen molar-refractivity contribution in [3.05, 3.63) is 32.5 Å². The average molecular weight is 502 g/mol. The molecule has 0 bridgehead atoms. The van der Waals surface area contributed by atoms with Crippen LogP contribution in [0.4, 0.5) is 0 Å². The minimum Gasteiger partial charge on any atom is -0.504 e. The van der Waals surface area contributed by atoms with E-state index in [-0.39, 0.29) is 0 Å². The number of ether oxygens (including phenoxy) is 1. The van der Waals surface area contributed by atoms with Crippen LogP contribution in [0.5, 0.6) is 57.5 Å². The average Bonchev–Trinajstić information content (AvgIpc) is 2.82. The Labute approximate surface area is 193 Å². The summed E-state index contributed by atoms with van der Waals surface area (Å²) in [5.41, 5.74) is -5.51. The summed E-state index contributed by atoms with van der Waals surface area (Å²) in [6, 6.07) is 0.470. The first kappa shape index (κ1) is 22.1. The molecule has 184 valence electrons. The molecular weight excluding hydrogens is 492 g/mol. The third kappa shape index (κ3) is 2.58. The lowest BCUT2D eigenvalue weighted by Crippen LogP contribution is -2.08. The highest BCUT2D eigenvalue weighted by Gasteiger charge is 2.33. The Bertz CT molecular complexity index is 1910. The lowest BCUT2D eigenvalue weighted by Gasteiger charge is -2.17. The number of aromatic hydroxyl groups is 8. The van der Waals surface area contributed by atoms with Crippen LogP contribution in [0, 0.1) is 0 Å². The van der Waals surface area contributed by atoms with E-state index in [4.69, 9.17) is 13.6 Å². The second kappa shape index (κ2) is 6.89. The molecular formula is C21H10O15. The molecule has 0 atom stereocenters. The Morgan fingerprint density at radius 2 is 1.14 bits per heavy atom. The smallest absolute Gasteiger partial charge is 0.348 e. The molecule has 0 radical (unpaired) electrons.